The number of ether oxygens (including phenoxy) is 1. The second kappa shape index (κ2) is 9.79. The van der Waals surface area contributed by atoms with Crippen LogP contribution in [0.1, 0.15) is 17.5 Å². The normalized spacial score (nSPS) is 10.7. The Labute approximate surface area is 160 Å². The van der Waals surface area contributed by atoms with E-state index >= 15 is 0 Å². The number of carbonyl (C=O) groups is 1. The molecule has 8 heteroatoms. The largest absolute Gasteiger partial charge is 0.445 e. The monoisotopic (exact) mass is 394 g/mol. The third-order valence-corrected chi connectivity index (χ3v) is 4.08. The number of benzene rings is 2. The van der Waals surface area contributed by atoms with Gasteiger partial charge in [0.25, 0.3) is 5.69 Å². The molecule has 26 heavy (non-hydrogen) atoms. The molecule has 0 radical (unpaired) electrons. The molecule has 1 N–H and O–H groups in total. The molecule has 0 aliphatic rings. The Bertz CT molecular complexity index is 810. The molecule has 0 bridgehead atoms. The van der Waals surface area contributed by atoms with Crippen molar-refractivity contribution in [2.45, 2.75) is 13.0 Å². The molecule has 2 rings (SSSR count). The van der Waals surface area contributed by atoms with Gasteiger partial charge in [-0.05, 0) is 18.1 Å². The molecule has 0 aliphatic carbocycles. The highest BCUT2D eigenvalue weighted by Crippen LogP contribution is 2.31. The summed E-state index contributed by atoms with van der Waals surface area (Å²) >= 11 is 11.7. The minimum atomic E-state index is -0.527. The summed E-state index contributed by atoms with van der Waals surface area (Å²) in [7, 11) is 0. The average Bonchev–Trinajstić information content (AvgIpc) is 2.63. The van der Waals surface area contributed by atoms with Crippen molar-refractivity contribution >= 4 is 41.1 Å². The zero-order chi connectivity index (χ0) is 18.9. The number of alkyl carbamates (subject to hydrolysis) is 1. The zero-order valence-corrected chi connectivity index (χ0v) is 15.2. The quantitative estimate of drug-likeness (QED) is 0.395. The van der Waals surface area contributed by atoms with E-state index in [0.717, 1.165) is 5.56 Å². The average molecular weight is 395 g/mol. The molecular weight excluding hydrogens is 379 g/mol. The number of hydrogen-bond donors (Lipinski definition) is 1. The standard InChI is InChI=1S/C18H16Cl2N2O4/c19-15-10-14(17(22(24)25)11-16(15)20)8-4-5-9-21-18(23)26-12-13-6-2-1-3-7-13/h1-4,6-8,10-11H,5,9,12H2,(H,21,23). The number of nitro groups is 1. The zero-order valence-electron chi connectivity index (χ0n) is 13.7. The lowest BCUT2D eigenvalue weighted by molar-refractivity contribution is -0.385. The summed E-state index contributed by atoms with van der Waals surface area (Å²) in [6.45, 7) is 0.525. The Balaban J connectivity index is 1.80. The molecule has 0 heterocycles. The number of hydrogen-bond acceptors (Lipinski definition) is 4. The van der Waals surface area contributed by atoms with Gasteiger partial charge in [0.05, 0.1) is 20.5 Å². The van der Waals surface area contributed by atoms with Crippen LogP contribution in [0.5, 0.6) is 0 Å². The van der Waals surface area contributed by atoms with Gasteiger partial charge in [0, 0.05) is 12.6 Å². The fourth-order valence-electron chi connectivity index (χ4n) is 2.09. The minimum Gasteiger partial charge on any atom is -0.445 e. The number of rotatable bonds is 7. The predicted octanol–water partition coefficient (Wildman–Crippen LogP) is 5.23. The van der Waals surface area contributed by atoms with E-state index < -0.39 is 11.0 Å². The van der Waals surface area contributed by atoms with Crippen LogP contribution in [-0.2, 0) is 11.3 Å². The van der Waals surface area contributed by atoms with Crippen molar-refractivity contribution in [1.82, 2.24) is 5.32 Å². The van der Waals surface area contributed by atoms with Crippen molar-refractivity contribution in [2.75, 3.05) is 6.54 Å². The van der Waals surface area contributed by atoms with Gasteiger partial charge in [-0.25, -0.2) is 4.79 Å². The molecule has 0 fully saturated rings. The maximum Gasteiger partial charge on any atom is 0.407 e. The molecule has 1 amide bonds. The smallest absolute Gasteiger partial charge is 0.407 e. The van der Waals surface area contributed by atoms with Crippen molar-refractivity contribution in [1.29, 1.82) is 0 Å². The van der Waals surface area contributed by atoms with E-state index in [9.17, 15) is 14.9 Å². The van der Waals surface area contributed by atoms with Gasteiger partial charge in [-0.1, -0.05) is 65.7 Å². The number of amides is 1. The number of carbonyl (C=O) groups excluding carboxylic acids is 1. The SMILES string of the molecule is O=C(NCCC=Cc1cc(Cl)c(Cl)cc1[N+](=O)[O-])OCc1ccccc1. The van der Waals surface area contributed by atoms with E-state index in [1.54, 1.807) is 12.2 Å². The second-order valence-corrected chi connectivity index (χ2v) is 6.08. The summed E-state index contributed by atoms with van der Waals surface area (Å²) in [6.07, 6.45) is 3.21. The van der Waals surface area contributed by atoms with Crippen molar-refractivity contribution in [2.24, 2.45) is 0 Å². The van der Waals surface area contributed by atoms with Crippen LogP contribution in [0, 0.1) is 10.1 Å². The molecule has 2 aromatic carbocycles. The third-order valence-electron chi connectivity index (χ3n) is 3.36. The molecular formula is C18H16Cl2N2O4. The molecule has 0 unspecified atom stereocenters. The Morgan fingerprint density at radius 2 is 1.88 bits per heavy atom. The highest BCUT2D eigenvalue weighted by Gasteiger charge is 2.14. The van der Waals surface area contributed by atoms with Crippen molar-refractivity contribution in [3.63, 3.8) is 0 Å². The molecule has 2 aromatic rings. The lowest BCUT2D eigenvalue weighted by Gasteiger charge is -2.06. The first-order valence-corrected chi connectivity index (χ1v) is 8.47. The fourth-order valence-corrected chi connectivity index (χ4v) is 2.42. The number of nitrogens with one attached hydrogen (secondary N) is 1. The first kappa shape index (κ1) is 19.8. The van der Waals surface area contributed by atoms with Crippen LogP contribution in [0.4, 0.5) is 10.5 Å². The van der Waals surface area contributed by atoms with E-state index in [0.29, 0.717) is 18.5 Å². The van der Waals surface area contributed by atoms with E-state index in [-0.39, 0.29) is 22.3 Å². The van der Waals surface area contributed by atoms with Gasteiger partial charge in [-0.3, -0.25) is 10.1 Å². The summed E-state index contributed by atoms with van der Waals surface area (Å²) < 4.78 is 5.08. The first-order chi connectivity index (χ1) is 12.5. The van der Waals surface area contributed by atoms with E-state index in [1.165, 1.54) is 12.1 Å². The van der Waals surface area contributed by atoms with Gasteiger partial charge in [-0.2, -0.15) is 0 Å². The third kappa shape index (κ3) is 6.06. The van der Waals surface area contributed by atoms with Crippen LogP contribution in [0.3, 0.4) is 0 Å². The van der Waals surface area contributed by atoms with Crippen LogP contribution in [0.2, 0.25) is 10.0 Å². The van der Waals surface area contributed by atoms with Crippen molar-refractivity contribution < 1.29 is 14.5 Å². The maximum atomic E-state index is 11.6. The van der Waals surface area contributed by atoms with Gasteiger partial charge in [0.15, 0.2) is 0 Å². The highest BCUT2D eigenvalue weighted by atomic mass is 35.5. The van der Waals surface area contributed by atoms with E-state index in [4.69, 9.17) is 27.9 Å². The summed E-state index contributed by atoms with van der Waals surface area (Å²) in [4.78, 5) is 22.1. The van der Waals surface area contributed by atoms with Crippen LogP contribution in [0.25, 0.3) is 6.08 Å². The molecule has 0 saturated carbocycles. The fraction of sp³-hybridized carbons (Fsp3) is 0.167. The lowest BCUT2D eigenvalue weighted by Crippen LogP contribution is -2.24. The Morgan fingerprint density at radius 1 is 1.19 bits per heavy atom. The Kier molecular flexibility index (Phi) is 7.44. The lowest BCUT2D eigenvalue weighted by atomic mass is 10.1. The molecule has 6 nitrogen and oxygen atoms in total. The molecule has 136 valence electrons. The predicted molar refractivity (Wildman–Crippen MR) is 101 cm³/mol. The van der Waals surface area contributed by atoms with Gasteiger partial charge >= 0.3 is 6.09 Å². The van der Waals surface area contributed by atoms with Crippen LogP contribution in [0.15, 0.2) is 48.5 Å². The Hall–Kier alpha value is -2.57. The van der Waals surface area contributed by atoms with Gasteiger partial charge in [0.2, 0.25) is 0 Å². The number of nitrogens with zero attached hydrogens (tertiary/aromatic N) is 1. The van der Waals surface area contributed by atoms with Crippen LogP contribution >= 0.6 is 23.2 Å². The van der Waals surface area contributed by atoms with Crippen LogP contribution in [-0.4, -0.2) is 17.6 Å². The second-order valence-electron chi connectivity index (χ2n) is 5.26. The first-order valence-electron chi connectivity index (χ1n) is 7.72. The van der Waals surface area contributed by atoms with Crippen LogP contribution < -0.4 is 5.32 Å². The summed E-state index contributed by atoms with van der Waals surface area (Å²) in [5.74, 6) is 0. The maximum absolute atomic E-state index is 11.6. The summed E-state index contributed by atoms with van der Waals surface area (Å²) in [5.41, 5.74) is 1.11. The summed E-state index contributed by atoms with van der Waals surface area (Å²) in [6, 6.07) is 12.0. The van der Waals surface area contributed by atoms with Gasteiger partial charge in [-0.15, -0.1) is 0 Å². The Morgan fingerprint density at radius 3 is 2.58 bits per heavy atom. The molecule has 0 aliphatic heterocycles. The van der Waals surface area contributed by atoms with Gasteiger partial charge in [0.1, 0.15) is 6.61 Å². The number of nitro benzene ring substituents is 1. The minimum absolute atomic E-state index is 0.123. The van der Waals surface area contributed by atoms with Gasteiger partial charge < -0.3 is 10.1 Å². The molecule has 0 saturated heterocycles. The topological polar surface area (TPSA) is 81.5 Å². The summed E-state index contributed by atoms with van der Waals surface area (Å²) in [5, 5.41) is 14.0. The highest BCUT2D eigenvalue weighted by molar-refractivity contribution is 6.42. The number of halogens is 2. The van der Waals surface area contributed by atoms with Crippen molar-refractivity contribution in [3.8, 4) is 0 Å². The van der Waals surface area contributed by atoms with E-state index in [2.05, 4.69) is 5.32 Å². The van der Waals surface area contributed by atoms with E-state index in [1.807, 2.05) is 30.3 Å². The van der Waals surface area contributed by atoms with Crippen molar-refractivity contribution in [3.05, 3.63) is 79.8 Å². The molecule has 0 spiro atoms. The molecule has 0 atom stereocenters. The molecule has 0 aromatic heterocycles.